The minimum absolute atomic E-state index is 0.0558. The van der Waals surface area contributed by atoms with Crippen LogP contribution < -0.4 is 19.7 Å². The number of anilines is 1. The third kappa shape index (κ3) is 5.17. The van der Waals surface area contributed by atoms with Crippen molar-refractivity contribution in [3.05, 3.63) is 88.7 Å². The van der Waals surface area contributed by atoms with Crippen LogP contribution in [0.15, 0.2) is 60.7 Å². The highest BCUT2D eigenvalue weighted by atomic mass is 19.1. The Labute approximate surface area is 216 Å². The molecule has 3 aromatic carbocycles. The molecule has 3 aromatic rings. The molecule has 1 fully saturated rings. The number of rotatable bonds is 6. The Morgan fingerprint density at radius 3 is 2.38 bits per heavy atom. The zero-order valence-corrected chi connectivity index (χ0v) is 21.1. The Hall–Kier alpha value is -3.87. The van der Waals surface area contributed by atoms with Crippen molar-refractivity contribution in [3.8, 4) is 11.5 Å². The van der Waals surface area contributed by atoms with Gasteiger partial charge in [0, 0.05) is 17.3 Å². The van der Waals surface area contributed by atoms with Crippen LogP contribution in [-0.4, -0.2) is 31.1 Å². The Balaban J connectivity index is 1.63. The zero-order valence-electron chi connectivity index (χ0n) is 21.1. The predicted molar refractivity (Wildman–Crippen MR) is 140 cm³/mol. The highest BCUT2D eigenvalue weighted by molar-refractivity contribution is 6.11. The number of aryl methyl sites for hydroxylation is 1. The first-order chi connectivity index (χ1) is 17.9. The molecule has 0 aromatic heterocycles. The van der Waals surface area contributed by atoms with Gasteiger partial charge in [0.2, 0.25) is 5.91 Å². The monoisotopic (exact) mass is 502 g/mol. The third-order valence-corrected chi connectivity index (χ3v) is 7.24. The summed E-state index contributed by atoms with van der Waals surface area (Å²) < 4.78 is 25.2. The van der Waals surface area contributed by atoms with E-state index in [0.717, 1.165) is 36.8 Å². The number of nitrogens with zero attached hydrogens (tertiary/aromatic N) is 1. The van der Waals surface area contributed by atoms with Gasteiger partial charge in [-0.05, 0) is 79.8 Å². The first-order valence-corrected chi connectivity index (χ1v) is 12.8. The van der Waals surface area contributed by atoms with E-state index in [9.17, 15) is 14.0 Å². The van der Waals surface area contributed by atoms with Crippen LogP contribution >= 0.6 is 0 Å². The number of amides is 2. The van der Waals surface area contributed by atoms with Gasteiger partial charge in [-0.15, -0.1) is 0 Å². The molecule has 7 heteroatoms. The third-order valence-electron chi connectivity index (χ3n) is 7.24. The summed E-state index contributed by atoms with van der Waals surface area (Å²) >= 11 is 0. The minimum atomic E-state index is -0.998. The van der Waals surface area contributed by atoms with Crippen LogP contribution in [0.25, 0.3) is 0 Å². The first-order valence-electron chi connectivity index (χ1n) is 12.8. The number of halogens is 1. The molecule has 1 unspecified atom stereocenters. The van der Waals surface area contributed by atoms with Crippen molar-refractivity contribution >= 4 is 17.5 Å². The van der Waals surface area contributed by atoms with E-state index in [2.05, 4.69) is 5.32 Å². The lowest BCUT2D eigenvalue weighted by molar-refractivity contribution is -0.123. The Morgan fingerprint density at radius 2 is 1.65 bits per heavy atom. The molecule has 192 valence electrons. The van der Waals surface area contributed by atoms with Gasteiger partial charge >= 0.3 is 0 Å². The molecule has 1 aliphatic heterocycles. The van der Waals surface area contributed by atoms with Gasteiger partial charge in [0.05, 0.1) is 0 Å². The average Bonchev–Trinajstić information content (AvgIpc) is 3.42. The van der Waals surface area contributed by atoms with Crippen molar-refractivity contribution in [2.45, 2.75) is 51.6 Å². The van der Waals surface area contributed by atoms with Gasteiger partial charge in [0.15, 0.2) is 11.5 Å². The van der Waals surface area contributed by atoms with E-state index in [1.807, 2.05) is 32.0 Å². The molecule has 37 heavy (non-hydrogen) atoms. The van der Waals surface area contributed by atoms with Gasteiger partial charge in [-0.1, -0.05) is 37.1 Å². The lowest BCUT2D eigenvalue weighted by Crippen LogP contribution is -2.46. The maximum atomic E-state index is 14.3. The molecule has 2 aliphatic rings. The van der Waals surface area contributed by atoms with Crippen molar-refractivity contribution < 1.29 is 23.5 Å². The Bertz CT molecular complexity index is 1300. The van der Waals surface area contributed by atoms with E-state index in [4.69, 9.17) is 9.47 Å². The molecule has 0 saturated heterocycles. The van der Waals surface area contributed by atoms with E-state index in [-0.39, 0.29) is 17.9 Å². The molecule has 0 radical (unpaired) electrons. The molecular formula is C30H31FN2O4. The van der Waals surface area contributed by atoms with E-state index in [1.54, 1.807) is 30.3 Å². The van der Waals surface area contributed by atoms with Gasteiger partial charge in [0.1, 0.15) is 25.1 Å². The SMILES string of the molecule is Cc1cccc(N(C(=O)c2ccc3c(c2)OCCO3)C(C(=O)NC2CCCC2)c2ccc(F)cc2)c1C. The fourth-order valence-corrected chi connectivity index (χ4v) is 5.09. The number of carbonyl (C=O) groups excluding carboxylic acids is 2. The summed E-state index contributed by atoms with van der Waals surface area (Å²) in [6.45, 7) is 4.75. The lowest BCUT2D eigenvalue weighted by Gasteiger charge is -2.34. The second-order valence-electron chi connectivity index (χ2n) is 9.70. The quantitative estimate of drug-likeness (QED) is 0.472. The molecule has 6 nitrogen and oxygen atoms in total. The number of hydrogen-bond donors (Lipinski definition) is 1. The highest BCUT2D eigenvalue weighted by Gasteiger charge is 2.36. The molecular weight excluding hydrogens is 471 g/mol. The molecule has 1 heterocycles. The highest BCUT2D eigenvalue weighted by Crippen LogP contribution is 2.36. The van der Waals surface area contributed by atoms with Crippen LogP contribution in [0.1, 0.15) is 58.8 Å². The number of benzene rings is 3. The summed E-state index contributed by atoms with van der Waals surface area (Å²) in [6, 6.07) is 15.6. The summed E-state index contributed by atoms with van der Waals surface area (Å²) in [4.78, 5) is 29.7. The van der Waals surface area contributed by atoms with Crippen molar-refractivity contribution in [3.63, 3.8) is 0 Å². The molecule has 0 bridgehead atoms. The molecule has 0 spiro atoms. The summed E-state index contributed by atoms with van der Waals surface area (Å²) in [7, 11) is 0. The van der Waals surface area contributed by atoms with Gasteiger partial charge in [0.25, 0.3) is 5.91 Å². The normalized spacial score (nSPS) is 15.8. The molecule has 1 N–H and O–H groups in total. The Morgan fingerprint density at radius 1 is 0.946 bits per heavy atom. The number of carbonyl (C=O) groups is 2. The van der Waals surface area contributed by atoms with Gasteiger partial charge in [-0.25, -0.2) is 4.39 Å². The maximum Gasteiger partial charge on any atom is 0.259 e. The average molecular weight is 503 g/mol. The van der Waals surface area contributed by atoms with Crippen molar-refractivity contribution in [1.82, 2.24) is 5.32 Å². The van der Waals surface area contributed by atoms with Crippen LogP contribution in [0.4, 0.5) is 10.1 Å². The summed E-state index contributed by atoms with van der Waals surface area (Å²) in [5, 5.41) is 3.16. The van der Waals surface area contributed by atoms with E-state index in [0.29, 0.717) is 41.5 Å². The second-order valence-corrected chi connectivity index (χ2v) is 9.70. The molecule has 5 rings (SSSR count). The fraction of sp³-hybridized carbons (Fsp3) is 0.333. The first kappa shape index (κ1) is 24.8. The molecule has 1 saturated carbocycles. The van der Waals surface area contributed by atoms with Crippen LogP contribution in [0.5, 0.6) is 11.5 Å². The van der Waals surface area contributed by atoms with Gasteiger partial charge in [-0.2, -0.15) is 0 Å². The smallest absolute Gasteiger partial charge is 0.259 e. The standard InChI is InChI=1S/C30H31FN2O4/c1-19-6-5-9-25(20(19)2)33(30(35)22-12-15-26-27(18-22)37-17-16-36-26)28(21-10-13-23(31)14-11-21)29(34)32-24-7-3-4-8-24/h5-6,9-15,18,24,28H,3-4,7-8,16-17H2,1-2H3,(H,32,34). The summed E-state index contributed by atoms with van der Waals surface area (Å²) in [5.74, 6) is 0.0175. The molecule has 2 amide bonds. The van der Waals surface area contributed by atoms with Crippen molar-refractivity contribution in [1.29, 1.82) is 0 Å². The van der Waals surface area contributed by atoms with Gasteiger partial charge < -0.3 is 14.8 Å². The lowest BCUT2D eigenvalue weighted by atomic mass is 9.98. The molecule has 1 atom stereocenters. The van der Waals surface area contributed by atoms with Crippen molar-refractivity contribution in [2.24, 2.45) is 0 Å². The second kappa shape index (κ2) is 10.6. The Kier molecular flexibility index (Phi) is 7.12. The number of ether oxygens (including phenoxy) is 2. The zero-order chi connectivity index (χ0) is 25.9. The largest absolute Gasteiger partial charge is 0.486 e. The fourth-order valence-electron chi connectivity index (χ4n) is 5.09. The van der Waals surface area contributed by atoms with Crippen LogP contribution in [0.2, 0.25) is 0 Å². The van der Waals surface area contributed by atoms with Crippen LogP contribution in [0.3, 0.4) is 0 Å². The predicted octanol–water partition coefficient (Wildman–Crippen LogP) is 5.66. The van der Waals surface area contributed by atoms with Crippen molar-refractivity contribution in [2.75, 3.05) is 18.1 Å². The van der Waals surface area contributed by atoms with E-state index in [1.165, 1.54) is 17.0 Å². The topological polar surface area (TPSA) is 67.9 Å². The minimum Gasteiger partial charge on any atom is -0.486 e. The van der Waals surface area contributed by atoms with E-state index >= 15 is 0 Å². The number of hydrogen-bond acceptors (Lipinski definition) is 4. The van der Waals surface area contributed by atoms with Gasteiger partial charge in [-0.3, -0.25) is 14.5 Å². The number of fused-ring (bicyclic) bond motifs is 1. The summed E-state index contributed by atoms with van der Waals surface area (Å²) in [6.07, 6.45) is 3.93. The van der Waals surface area contributed by atoms with Crippen LogP contribution in [0, 0.1) is 19.7 Å². The maximum absolute atomic E-state index is 14.3. The van der Waals surface area contributed by atoms with Crippen LogP contribution in [-0.2, 0) is 4.79 Å². The van der Waals surface area contributed by atoms with E-state index < -0.39 is 11.9 Å². The summed E-state index contributed by atoms with van der Waals surface area (Å²) in [5.41, 5.74) is 3.39. The molecule has 1 aliphatic carbocycles. The number of nitrogens with one attached hydrogen (secondary N) is 1.